The van der Waals surface area contributed by atoms with E-state index in [9.17, 15) is 4.79 Å². The molecule has 1 aromatic rings. The van der Waals surface area contributed by atoms with Crippen LogP contribution >= 0.6 is 28.3 Å². The molecule has 0 saturated carbocycles. The Morgan fingerprint density at radius 2 is 2.05 bits per heavy atom. The Kier molecular flexibility index (Phi) is 8.55. The number of hydrogen-bond acceptors (Lipinski definition) is 5. The molecular formula is C14H20BrClN2O4. The Balaban J connectivity index is 0.00000242. The lowest BCUT2D eigenvalue weighted by Gasteiger charge is -2.20. The van der Waals surface area contributed by atoms with Crippen LogP contribution in [0, 0.1) is 0 Å². The number of rotatable bonds is 7. The lowest BCUT2D eigenvalue weighted by Crippen LogP contribution is -2.33. The van der Waals surface area contributed by atoms with Gasteiger partial charge in [-0.3, -0.25) is 4.79 Å². The van der Waals surface area contributed by atoms with Crippen molar-refractivity contribution in [2.45, 2.75) is 0 Å². The second kappa shape index (κ2) is 9.89. The van der Waals surface area contributed by atoms with Crippen molar-refractivity contribution in [3.8, 4) is 11.5 Å². The molecule has 0 unspecified atom stereocenters. The van der Waals surface area contributed by atoms with E-state index in [0.29, 0.717) is 50.0 Å². The third kappa shape index (κ3) is 5.31. The summed E-state index contributed by atoms with van der Waals surface area (Å²) in [6, 6.07) is 3.44. The summed E-state index contributed by atoms with van der Waals surface area (Å²) in [7, 11) is 1.66. The quantitative estimate of drug-likeness (QED) is 0.687. The SMILES string of the molecule is COCCNCCNC(=O)c1cc(Br)c2c(c1)OCCO2.Cl. The molecular weight excluding hydrogens is 376 g/mol. The number of fused-ring (bicyclic) bond motifs is 1. The molecule has 0 spiro atoms. The van der Waals surface area contributed by atoms with E-state index in [1.807, 2.05) is 0 Å². The van der Waals surface area contributed by atoms with Gasteiger partial charge in [0.25, 0.3) is 5.91 Å². The van der Waals surface area contributed by atoms with Crippen molar-refractivity contribution in [3.05, 3.63) is 22.2 Å². The van der Waals surface area contributed by atoms with Gasteiger partial charge in [-0.1, -0.05) is 0 Å². The monoisotopic (exact) mass is 394 g/mol. The molecule has 0 aliphatic carbocycles. The minimum absolute atomic E-state index is 0. The molecule has 0 aromatic heterocycles. The van der Waals surface area contributed by atoms with Gasteiger partial charge in [0.05, 0.1) is 11.1 Å². The zero-order valence-electron chi connectivity index (χ0n) is 12.3. The van der Waals surface area contributed by atoms with Crippen LogP contribution in [0.3, 0.4) is 0 Å². The van der Waals surface area contributed by atoms with Crippen LogP contribution in [0.4, 0.5) is 0 Å². The van der Waals surface area contributed by atoms with E-state index < -0.39 is 0 Å². The van der Waals surface area contributed by atoms with Gasteiger partial charge in [0.1, 0.15) is 13.2 Å². The van der Waals surface area contributed by atoms with Crippen molar-refractivity contribution in [2.75, 3.05) is 46.6 Å². The molecule has 1 aliphatic heterocycles. The standard InChI is InChI=1S/C14H19BrN2O4.ClH/c1-19-5-4-16-2-3-17-14(18)10-8-11(15)13-12(9-10)20-6-7-21-13;/h8-9,16H,2-7H2,1H3,(H,17,18);1H. The molecule has 22 heavy (non-hydrogen) atoms. The lowest BCUT2D eigenvalue weighted by atomic mass is 10.2. The molecule has 2 rings (SSSR count). The summed E-state index contributed by atoms with van der Waals surface area (Å²) in [4.78, 5) is 12.1. The van der Waals surface area contributed by atoms with E-state index in [1.165, 1.54) is 0 Å². The van der Waals surface area contributed by atoms with Crippen LogP contribution in [0.1, 0.15) is 10.4 Å². The fraction of sp³-hybridized carbons (Fsp3) is 0.500. The predicted molar refractivity (Wildman–Crippen MR) is 89.5 cm³/mol. The highest BCUT2D eigenvalue weighted by Gasteiger charge is 2.18. The van der Waals surface area contributed by atoms with Crippen molar-refractivity contribution in [1.29, 1.82) is 0 Å². The van der Waals surface area contributed by atoms with Gasteiger partial charge in [-0.15, -0.1) is 12.4 Å². The first-order valence-electron chi connectivity index (χ1n) is 6.79. The maximum absolute atomic E-state index is 12.1. The first-order valence-corrected chi connectivity index (χ1v) is 7.58. The number of hydrogen-bond donors (Lipinski definition) is 2. The largest absolute Gasteiger partial charge is 0.486 e. The number of amides is 1. The third-order valence-corrected chi connectivity index (χ3v) is 3.52. The van der Waals surface area contributed by atoms with Crippen LogP contribution in [0.2, 0.25) is 0 Å². The summed E-state index contributed by atoms with van der Waals surface area (Å²) in [5.74, 6) is 1.11. The first kappa shape index (κ1) is 19.0. The Morgan fingerprint density at radius 3 is 2.82 bits per heavy atom. The number of methoxy groups -OCH3 is 1. The number of carbonyl (C=O) groups is 1. The number of ether oxygens (including phenoxy) is 3. The van der Waals surface area contributed by atoms with E-state index in [4.69, 9.17) is 14.2 Å². The van der Waals surface area contributed by atoms with E-state index >= 15 is 0 Å². The molecule has 1 amide bonds. The van der Waals surface area contributed by atoms with E-state index in [0.717, 1.165) is 11.0 Å². The van der Waals surface area contributed by atoms with Crippen molar-refractivity contribution in [2.24, 2.45) is 0 Å². The molecule has 0 radical (unpaired) electrons. The molecule has 6 nitrogen and oxygen atoms in total. The van der Waals surface area contributed by atoms with Crippen LogP contribution in [0.5, 0.6) is 11.5 Å². The summed E-state index contributed by atoms with van der Waals surface area (Å²) in [6.07, 6.45) is 0. The molecule has 0 saturated heterocycles. The van der Waals surface area contributed by atoms with Gasteiger partial charge in [-0.05, 0) is 28.1 Å². The normalized spacial score (nSPS) is 12.5. The summed E-state index contributed by atoms with van der Waals surface area (Å²) >= 11 is 3.40. The molecule has 2 N–H and O–H groups in total. The molecule has 1 aromatic carbocycles. The van der Waals surface area contributed by atoms with Gasteiger partial charge >= 0.3 is 0 Å². The average Bonchev–Trinajstić information content (AvgIpc) is 2.50. The molecule has 0 atom stereocenters. The van der Waals surface area contributed by atoms with Crippen LogP contribution < -0.4 is 20.1 Å². The fourth-order valence-electron chi connectivity index (χ4n) is 1.91. The van der Waals surface area contributed by atoms with Gasteiger partial charge in [0.15, 0.2) is 11.5 Å². The number of benzene rings is 1. The van der Waals surface area contributed by atoms with E-state index in [2.05, 4.69) is 26.6 Å². The second-order valence-corrected chi connectivity index (χ2v) is 5.34. The maximum Gasteiger partial charge on any atom is 0.251 e. The minimum atomic E-state index is -0.138. The van der Waals surface area contributed by atoms with Gasteiger partial charge in [-0.2, -0.15) is 0 Å². The summed E-state index contributed by atoms with van der Waals surface area (Å²) in [5, 5.41) is 6.01. The number of carbonyl (C=O) groups excluding carboxylic acids is 1. The molecule has 8 heteroatoms. The van der Waals surface area contributed by atoms with Gasteiger partial charge in [-0.25, -0.2) is 0 Å². The minimum Gasteiger partial charge on any atom is -0.486 e. The van der Waals surface area contributed by atoms with Crippen molar-refractivity contribution >= 4 is 34.2 Å². The van der Waals surface area contributed by atoms with Crippen LogP contribution in [0.15, 0.2) is 16.6 Å². The van der Waals surface area contributed by atoms with Crippen LogP contribution in [0.25, 0.3) is 0 Å². The van der Waals surface area contributed by atoms with Crippen molar-refractivity contribution in [3.63, 3.8) is 0 Å². The van der Waals surface area contributed by atoms with E-state index in [-0.39, 0.29) is 18.3 Å². The summed E-state index contributed by atoms with van der Waals surface area (Å²) in [5.41, 5.74) is 0.544. The molecule has 0 bridgehead atoms. The average molecular weight is 396 g/mol. The van der Waals surface area contributed by atoms with Crippen LogP contribution in [-0.2, 0) is 4.74 Å². The number of nitrogens with one attached hydrogen (secondary N) is 2. The fourth-order valence-corrected chi connectivity index (χ4v) is 2.46. The molecule has 124 valence electrons. The molecule has 1 heterocycles. The Hall–Kier alpha value is -1.02. The third-order valence-electron chi connectivity index (χ3n) is 2.93. The number of halogens is 2. The molecule has 0 fully saturated rings. The highest BCUT2D eigenvalue weighted by Crippen LogP contribution is 2.38. The lowest BCUT2D eigenvalue weighted by molar-refractivity contribution is 0.0952. The van der Waals surface area contributed by atoms with Crippen molar-refractivity contribution < 1.29 is 19.0 Å². The van der Waals surface area contributed by atoms with Crippen LogP contribution in [-0.4, -0.2) is 52.5 Å². The Morgan fingerprint density at radius 1 is 1.27 bits per heavy atom. The van der Waals surface area contributed by atoms with E-state index in [1.54, 1.807) is 19.2 Å². The Labute approximate surface area is 144 Å². The van der Waals surface area contributed by atoms with Gasteiger partial charge < -0.3 is 24.8 Å². The zero-order valence-corrected chi connectivity index (χ0v) is 14.7. The predicted octanol–water partition coefficient (Wildman–Crippen LogP) is 1.61. The highest BCUT2D eigenvalue weighted by molar-refractivity contribution is 9.10. The van der Waals surface area contributed by atoms with Gasteiger partial charge in [0.2, 0.25) is 0 Å². The molecule has 1 aliphatic rings. The highest BCUT2D eigenvalue weighted by atomic mass is 79.9. The smallest absolute Gasteiger partial charge is 0.251 e. The first-order chi connectivity index (χ1) is 10.2. The Bertz CT molecular complexity index is 502. The summed E-state index contributed by atoms with van der Waals surface area (Å²) in [6.45, 7) is 3.68. The van der Waals surface area contributed by atoms with Gasteiger partial charge in [0, 0.05) is 32.3 Å². The second-order valence-electron chi connectivity index (χ2n) is 4.48. The topological polar surface area (TPSA) is 68.8 Å². The maximum atomic E-state index is 12.1. The summed E-state index contributed by atoms with van der Waals surface area (Å²) < 4.78 is 16.7. The zero-order chi connectivity index (χ0) is 15.1. The van der Waals surface area contributed by atoms with Crippen molar-refractivity contribution in [1.82, 2.24) is 10.6 Å².